The van der Waals surface area contributed by atoms with Crippen molar-refractivity contribution < 1.29 is 17.9 Å². The van der Waals surface area contributed by atoms with Gasteiger partial charge in [-0.05, 0) is 11.4 Å². The van der Waals surface area contributed by atoms with Crippen LogP contribution in [0.4, 0.5) is 0 Å². The Morgan fingerprint density at radius 1 is 1.47 bits per heavy atom. The number of thiophene rings is 1. The zero-order valence-electron chi connectivity index (χ0n) is 8.55. The first-order valence-electron chi connectivity index (χ1n) is 3.99. The summed E-state index contributed by atoms with van der Waals surface area (Å²) in [5.74, 6) is -0.634. The normalized spacial score (nSPS) is 11.7. The minimum absolute atomic E-state index is 0.00986. The summed E-state index contributed by atoms with van der Waals surface area (Å²) >= 11 is 1.05. The highest BCUT2D eigenvalue weighted by Crippen LogP contribution is 2.24. The van der Waals surface area contributed by atoms with E-state index in [1.807, 2.05) is 0 Å². The summed E-state index contributed by atoms with van der Waals surface area (Å²) in [4.78, 5) is 11.4. The van der Waals surface area contributed by atoms with E-state index in [1.165, 1.54) is 27.3 Å². The first-order chi connectivity index (χ1) is 6.91. The smallest absolute Gasteiger partial charge is 0.349 e. The Kier molecular flexibility index (Phi) is 3.48. The van der Waals surface area contributed by atoms with Crippen molar-refractivity contribution >= 4 is 27.3 Å². The molecule has 0 aromatic carbocycles. The van der Waals surface area contributed by atoms with Gasteiger partial charge in [0.2, 0.25) is 10.0 Å². The molecule has 1 rings (SSSR count). The van der Waals surface area contributed by atoms with Gasteiger partial charge in [0.05, 0.1) is 7.11 Å². The van der Waals surface area contributed by atoms with Crippen LogP contribution in [0.25, 0.3) is 0 Å². The van der Waals surface area contributed by atoms with Gasteiger partial charge in [0.1, 0.15) is 9.77 Å². The highest BCUT2D eigenvalue weighted by molar-refractivity contribution is 7.89. The van der Waals surface area contributed by atoms with Crippen LogP contribution >= 0.6 is 11.3 Å². The molecule has 0 aliphatic rings. The third-order valence-electron chi connectivity index (χ3n) is 1.76. The van der Waals surface area contributed by atoms with E-state index in [1.54, 1.807) is 5.38 Å². The maximum absolute atomic E-state index is 11.8. The number of rotatable bonds is 3. The molecule has 0 spiro atoms. The molecule has 0 bridgehead atoms. The van der Waals surface area contributed by atoms with Crippen LogP contribution in [0.15, 0.2) is 16.3 Å². The van der Waals surface area contributed by atoms with Gasteiger partial charge >= 0.3 is 5.97 Å². The van der Waals surface area contributed by atoms with Crippen LogP contribution in [0, 0.1) is 0 Å². The van der Waals surface area contributed by atoms with Crippen LogP contribution in [0.2, 0.25) is 0 Å². The van der Waals surface area contributed by atoms with Crippen molar-refractivity contribution in [2.45, 2.75) is 4.90 Å². The number of esters is 1. The van der Waals surface area contributed by atoms with Crippen molar-refractivity contribution in [3.63, 3.8) is 0 Å². The Morgan fingerprint density at radius 2 is 2.07 bits per heavy atom. The summed E-state index contributed by atoms with van der Waals surface area (Å²) in [7, 11) is 0.462. The number of methoxy groups -OCH3 is 1. The van der Waals surface area contributed by atoms with E-state index in [0.29, 0.717) is 0 Å². The quantitative estimate of drug-likeness (QED) is 0.743. The van der Waals surface area contributed by atoms with Crippen molar-refractivity contribution in [3.8, 4) is 0 Å². The minimum atomic E-state index is -3.58. The molecule has 0 aliphatic heterocycles. The fraction of sp³-hybridized carbons (Fsp3) is 0.375. The standard InChI is InChI=1S/C8H11NO4S2/c1-9(2)15(11,12)6-4-5-14-7(6)8(10)13-3/h4-5H,1-3H3. The van der Waals surface area contributed by atoms with Crippen LogP contribution in [-0.2, 0) is 14.8 Å². The second kappa shape index (κ2) is 4.30. The summed E-state index contributed by atoms with van der Waals surface area (Å²) in [5, 5.41) is 1.54. The van der Waals surface area contributed by atoms with Gasteiger partial charge in [-0.2, -0.15) is 0 Å². The number of nitrogens with zero attached hydrogens (tertiary/aromatic N) is 1. The molecule has 0 amide bonds. The van der Waals surface area contributed by atoms with E-state index in [0.717, 1.165) is 15.6 Å². The molecule has 5 nitrogen and oxygen atoms in total. The lowest BCUT2D eigenvalue weighted by Crippen LogP contribution is -2.23. The Bertz CT molecular complexity index is 461. The van der Waals surface area contributed by atoms with Gasteiger partial charge < -0.3 is 4.74 Å². The third-order valence-corrected chi connectivity index (χ3v) is 4.64. The zero-order chi connectivity index (χ0) is 11.6. The zero-order valence-corrected chi connectivity index (χ0v) is 10.2. The molecular weight excluding hydrogens is 238 g/mol. The number of hydrogen-bond donors (Lipinski definition) is 0. The maximum atomic E-state index is 11.8. The van der Waals surface area contributed by atoms with E-state index in [2.05, 4.69) is 4.74 Å². The lowest BCUT2D eigenvalue weighted by Gasteiger charge is -2.10. The fourth-order valence-electron chi connectivity index (χ4n) is 0.939. The Labute approximate surface area is 92.3 Å². The second-order valence-corrected chi connectivity index (χ2v) is 5.93. The molecule has 0 aliphatic carbocycles. The molecule has 0 unspecified atom stereocenters. The van der Waals surface area contributed by atoms with Gasteiger partial charge in [0, 0.05) is 14.1 Å². The first-order valence-corrected chi connectivity index (χ1v) is 6.31. The predicted octanol–water partition coefficient (Wildman–Crippen LogP) is 0.785. The molecule has 0 radical (unpaired) electrons. The molecule has 1 aromatic rings. The molecular formula is C8H11NO4S2. The minimum Gasteiger partial charge on any atom is -0.465 e. The molecule has 0 atom stereocenters. The van der Waals surface area contributed by atoms with Gasteiger partial charge in [-0.25, -0.2) is 17.5 Å². The summed E-state index contributed by atoms with van der Waals surface area (Å²) in [5.41, 5.74) is 0. The molecule has 0 N–H and O–H groups in total. The molecule has 0 saturated heterocycles. The van der Waals surface area contributed by atoms with Crippen molar-refractivity contribution in [2.24, 2.45) is 0 Å². The predicted molar refractivity (Wildman–Crippen MR) is 56.5 cm³/mol. The van der Waals surface area contributed by atoms with E-state index < -0.39 is 16.0 Å². The number of ether oxygens (including phenoxy) is 1. The van der Waals surface area contributed by atoms with Gasteiger partial charge in [0.15, 0.2) is 0 Å². The van der Waals surface area contributed by atoms with E-state index >= 15 is 0 Å². The lowest BCUT2D eigenvalue weighted by atomic mass is 10.5. The number of sulfonamides is 1. The van der Waals surface area contributed by atoms with Gasteiger partial charge in [-0.1, -0.05) is 0 Å². The van der Waals surface area contributed by atoms with Gasteiger partial charge in [-0.3, -0.25) is 0 Å². The van der Waals surface area contributed by atoms with Crippen LogP contribution in [0.3, 0.4) is 0 Å². The molecule has 7 heteroatoms. The van der Waals surface area contributed by atoms with Crippen molar-refractivity contribution in [1.82, 2.24) is 4.31 Å². The Morgan fingerprint density at radius 3 is 2.53 bits per heavy atom. The van der Waals surface area contributed by atoms with Crippen LogP contribution in [-0.4, -0.2) is 39.9 Å². The van der Waals surface area contributed by atoms with Crippen molar-refractivity contribution in [3.05, 3.63) is 16.3 Å². The van der Waals surface area contributed by atoms with Crippen molar-refractivity contribution in [2.75, 3.05) is 21.2 Å². The third kappa shape index (κ3) is 2.19. The fourth-order valence-corrected chi connectivity index (χ4v) is 3.14. The summed E-state index contributed by atoms with van der Waals surface area (Å²) in [6.07, 6.45) is 0. The average molecular weight is 249 g/mol. The first kappa shape index (κ1) is 12.2. The number of hydrogen-bond acceptors (Lipinski definition) is 5. The molecule has 0 fully saturated rings. The molecule has 84 valence electrons. The van der Waals surface area contributed by atoms with E-state index in [4.69, 9.17) is 0 Å². The topological polar surface area (TPSA) is 63.7 Å². The molecule has 1 heterocycles. The van der Waals surface area contributed by atoms with Gasteiger partial charge in [-0.15, -0.1) is 11.3 Å². The summed E-state index contributed by atoms with van der Waals surface area (Å²) in [6, 6.07) is 1.40. The number of carbonyl (C=O) groups excluding carboxylic acids is 1. The second-order valence-electron chi connectivity index (χ2n) is 2.89. The lowest BCUT2D eigenvalue weighted by molar-refractivity contribution is 0.0602. The number of carbonyl (C=O) groups is 1. The average Bonchev–Trinajstić information content (AvgIpc) is 2.65. The monoisotopic (exact) mass is 249 g/mol. The van der Waals surface area contributed by atoms with Crippen LogP contribution in [0.1, 0.15) is 9.67 Å². The van der Waals surface area contributed by atoms with Gasteiger partial charge in [0.25, 0.3) is 0 Å². The largest absolute Gasteiger partial charge is 0.465 e. The van der Waals surface area contributed by atoms with E-state index in [-0.39, 0.29) is 9.77 Å². The van der Waals surface area contributed by atoms with E-state index in [9.17, 15) is 13.2 Å². The molecule has 1 aromatic heterocycles. The summed E-state index contributed by atoms with van der Waals surface area (Å²) in [6.45, 7) is 0. The van der Waals surface area contributed by atoms with Crippen molar-refractivity contribution in [1.29, 1.82) is 0 Å². The van der Waals surface area contributed by atoms with Crippen LogP contribution < -0.4 is 0 Å². The Balaban J connectivity index is 3.29. The maximum Gasteiger partial charge on any atom is 0.349 e. The van der Waals surface area contributed by atoms with Crippen LogP contribution in [0.5, 0.6) is 0 Å². The highest BCUT2D eigenvalue weighted by Gasteiger charge is 2.26. The SMILES string of the molecule is COC(=O)c1sccc1S(=O)(=O)N(C)C. The summed E-state index contributed by atoms with van der Waals surface area (Å²) < 4.78 is 29.1. The molecule has 0 saturated carbocycles. The highest BCUT2D eigenvalue weighted by atomic mass is 32.2. The molecule has 15 heavy (non-hydrogen) atoms. The Hall–Kier alpha value is -0.920.